The molecule has 0 aromatic heterocycles. The minimum absolute atomic E-state index is 0.172. The maximum Gasteiger partial charge on any atom is 0.333 e. The predicted octanol–water partition coefficient (Wildman–Crippen LogP) is 3.64. The molecule has 1 fully saturated rings. The molecular weight excluding hydrogens is 249 g/mol. The smallest absolute Gasteiger partial charge is 0.308 e. The van der Waals surface area contributed by atoms with E-state index in [9.17, 15) is 4.57 Å². The molecule has 0 radical (unpaired) electrons. The normalized spacial score (nSPS) is 28.0. The quantitative estimate of drug-likeness (QED) is 0.766. The number of nitrogens with zero attached hydrogens (tertiary/aromatic N) is 1. The van der Waals surface area contributed by atoms with Gasteiger partial charge in [-0.05, 0) is 11.6 Å². The zero-order valence-electron chi connectivity index (χ0n) is 10.5. The molecule has 5 heteroatoms. The third-order valence-electron chi connectivity index (χ3n) is 2.99. The highest BCUT2D eigenvalue weighted by molar-refractivity contribution is 7.54. The highest BCUT2D eigenvalue weighted by Gasteiger charge is 2.37. The van der Waals surface area contributed by atoms with Gasteiger partial charge in [0.25, 0.3) is 0 Å². The van der Waals surface area contributed by atoms with Crippen LogP contribution < -0.4 is 0 Å². The van der Waals surface area contributed by atoms with E-state index in [1.807, 2.05) is 32.0 Å². The molecule has 96 valence electrons. The molecule has 0 spiro atoms. The second kappa shape index (κ2) is 5.24. The van der Waals surface area contributed by atoms with Crippen molar-refractivity contribution in [2.45, 2.75) is 32.0 Å². The number of nitriles is 1. The summed E-state index contributed by atoms with van der Waals surface area (Å²) in [5.74, 6) is 0. The van der Waals surface area contributed by atoms with Gasteiger partial charge in [-0.1, -0.05) is 32.0 Å². The van der Waals surface area contributed by atoms with Crippen molar-refractivity contribution in [3.63, 3.8) is 0 Å². The lowest BCUT2D eigenvalue weighted by molar-refractivity contribution is 0.0780. The van der Waals surface area contributed by atoms with E-state index < -0.39 is 7.60 Å². The summed E-state index contributed by atoms with van der Waals surface area (Å²) < 4.78 is 23.3. The Morgan fingerprint density at radius 1 is 1.44 bits per heavy atom. The Morgan fingerprint density at radius 3 is 2.83 bits per heavy atom. The minimum atomic E-state index is -3.05. The van der Waals surface area contributed by atoms with E-state index in [-0.39, 0.29) is 11.8 Å². The summed E-state index contributed by atoms with van der Waals surface area (Å²) in [5.41, 5.74) is 1.19. The number of benzene rings is 1. The Hall–Kier alpha value is -1.14. The van der Waals surface area contributed by atoms with Crippen LogP contribution in [0.1, 0.15) is 37.5 Å². The Labute approximate surface area is 107 Å². The van der Waals surface area contributed by atoms with Gasteiger partial charge in [0, 0.05) is 6.42 Å². The van der Waals surface area contributed by atoms with Crippen LogP contribution in [0.3, 0.4) is 0 Å². The minimum Gasteiger partial charge on any atom is -0.308 e. The fourth-order valence-electron chi connectivity index (χ4n) is 1.91. The maximum atomic E-state index is 12.4. The maximum absolute atomic E-state index is 12.4. The number of hydrogen-bond acceptors (Lipinski definition) is 4. The topological polar surface area (TPSA) is 59.3 Å². The largest absolute Gasteiger partial charge is 0.333 e. The number of rotatable bonds is 2. The fraction of sp³-hybridized carbons (Fsp3) is 0.462. The van der Waals surface area contributed by atoms with E-state index in [2.05, 4.69) is 6.07 Å². The summed E-state index contributed by atoms with van der Waals surface area (Å²) in [6.45, 7) is 4.04. The molecule has 0 amide bonds. The Kier molecular flexibility index (Phi) is 3.87. The molecule has 18 heavy (non-hydrogen) atoms. The molecule has 1 saturated heterocycles. The van der Waals surface area contributed by atoms with Crippen LogP contribution in [-0.2, 0) is 13.6 Å². The second-order valence-electron chi connectivity index (χ2n) is 4.55. The van der Waals surface area contributed by atoms with Crippen LogP contribution in [0.4, 0.5) is 0 Å². The van der Waals surface area contributed by atoms with E-state index in [0.29, 0.717) is 18.6 Å². The molecule has 2 unspecified atom stereocenters. The van der Waals surface area contributed by atoms with E-state index in [1.165, 1.54) is 0 Å². The van der Waals surface area contributed by atoms with Crippen LogP contribution in [0.5, 0.6) is 0 Å². The van der Waals surface area contributed by atoms with Crippen molar-refractivity contribution in [2.24, 2.45) is 0 Å². The van der Waals surface area contributed by atoms with E-state index in [1.54, 1.807) is 6.07 Å². The SMILES string of the molecule is CC(C)P1(=O)OCCC(c2ccccc2C#N)O1. The molecular formula is C13H16NO3P. The lowest BCUT2D eigenvalue weighted by Crippen LogP contribution is -2.18. The van der Waals surface area contributed by atoms with Crippen molar-refractivity contribution in [3.8, 4) is 6.07 Å². The van der Waals surface area contributed by atoms with Gasteiger partial charge >= 0.3 is 7.60 Å². The molecule has 0 aliphatic carbocycles. The van der Waals surface area contributed by atoms with Crippen LogP contribution in [0, 0.1) is 11.3 Å². The van der Waals surface area contributed by atoms with Crippen molar-refractivity contribution in [1.29, 1.82) is 5.26 Å². The van der Waals surface area contributed by atoms with Crippen LogP contribution in [0.25, 0.3) is 0 Å². The van der Waals surface area contributed by atoms with Gasteiger partial charge in [0.05, 0.1) is 30.0 Å². The molecule has 0 saturated carbocycles. The van der Waals surface area contributed by atoms with Crippen molar-refractivity contribution in [1.82, 2.24) is 0 Å². The van der Waals surface area contributed by atoms with Crippen LogP contribution >= 0.6 is 7.60 Å². The van der Waals surface area contributed by atoms with Crippen molar-refractivity contribution < 1.29 is 13.6 Å². The molecule has 0 bridgehead atoms. The first-order valence-corrected chi connectivity index (χ1v) is 7.59. The predicted molar refractivity (Wildman–Crippen MR) is 68.3 cm³/mol. The average Bonchev–Trinajstić information content (AvgIpc) is 2.38. The van der Waals surface area contributed by atoms with Gasteiger partial charge < -0.3 is 9.05 Å². The molecule has 1 aromatic rings. The van der Waals surface area contributed by atoms with Crippen molar-refractivity contribution in [3.05, 3.63) is 35.4 Å². The van der Waals surface area contributed by atoms with Crippen molar-refractivity contribution >= 4 is 7.60 Å². The third kappa shape index (κ3) is 2.49. The Morgan fingerprint density at radius 2 is 2.17 bits per heavy atom. The standard InChI is InChI=1S/C13H16NO3P/c1-10(2)18(15)16-8-7-13(17-18)12-6-4-3-5-11(12)9-14/h3-6,10,13H,7-8H2,1-2H3. The van der Waals surface area contributed by atoms with Gasteiger partial charge in [-0.3, -0.25) is 4.57 Å². The Balaban J connectivity index is 2.30. The second-order valence-corrected chi connectivity index (χ2v) is 7.13. The van der Waals surface area contributed by atoms with Crippen molar-refractivity contribution in [2.75, 3.05) is 6.61 Å². The van der Waals surface area contributed by atoms with Gasteiger partial charge in [0.2, 0.25) is 0 Å². The van der Waals surface area contributed by atoms with Gasteiger partial charge in [-0.25, -0.2) is 0 Å². The summed E-state index contributed by atoms with van der Waals surface area (Å²) in [6, 6.07) is 9.40. The van der Waals surface area contributed by atoms with E-state index >= 15 is 0 Å². The molecule has 1 aliphatic heterocycles. The third-order valence-corrected chi connectivity index (χ3v) is 5.34. The van der Waals surface area contributed by atoms with Crippen LogP contribution in [0.2, 0.25) is 0 Å². The molecule has 1 heterocycles. The monoisotopic (exact) mass is 265 g/mol. The van der Waals surface area contributed by atoms with Crippen LogP contribution in [0.15, 0.2) is 24.3 Å². The van der Waals surface area contributed by atoms with Gasteiger partial charge in [0.1, 0.15) is 0 Å². The fourth-order valence-corrected chi connectivity index (χ4v) is 3.45. The van der Waals surface area contributed by atoms with Gasteiger partial charge in [-0.2, -0.15) is 5.26 Å². The average molecular weight is 265 g/mol. The summed E-state index contributed by atoms with van der Waals surface area (Å²) >= 11 is 0. The first-order chi connectivity index (χ1) is 8.57. The molecule has 2 rings (SSSR count). The zero-order chi connectivity index (χ0) is 13.2. The lowest BCUT2D eigenvalue weighted by Gasteiger charge is -2.32. The summed E-state index contributed by atoms with van der Waals surface area (Å²) in [6.07, 6.45) is 0.304. The zero-order valence-corrected chi connectivity index (χ0v) is 11.4. The summed E-state index contributed by atoms with van der Waals surface area (Å²) in [5, 5.41) is 9.08. The first-order valence-electron chi connectivity index (χ1n) is 5.98. The summed E-state index contributed by atoms with van der Waals surface area (Å²) in [7, 11) is -3.05. The molecule has 2 atom stereocenters. The van der Waals surface area contributed by atoms with Gasteiger partial charge in [-0.15, -0.1) is 0 Å². The highest BCUT2D eigenvalue weighted by Crippen LogP contribution is 2.59. The molecule has 1 aromatic carbocycles. The highest BCUT2D eigenvalue weighted by atomic mass is 31.2. The molecule has 4 nitrogen and oxygen atoms in total. The first kappa shape index (κ1) is 13.3. The summed E-state index contributed by atoms with van der Waals surface area (Å²) in [4.78, 5) is 0. The molecule has 1 aliphatic rings. The Bertz CT molecular complexity index is 521. The molecule has 0 N–H and O–H groups in total. The van der Waals surface area contributed by atoms with Gasteiger partial charge in [0.15, 0.2) is 0 Å². The van der Waals surface area contributed by atoms with E-state index in [0.717, 1.165) is 5.56 Å². The lowest BCUT2D eigenvalue weighted by atomic mass is 10.0. The van der Waals surface area contributed by atoms with Crippen LogP contribution in [-0.4, -0.2) is 12.3 Å². The van der Waals surface area contributed by atoms with E-state index in [4.69, 9.17) is 14.3 Å². The number of hydrogen-bond donors (Lipinski definition) is 0.